The first-order chi connectivity index (χ1) is 22.7. The van der Waals surface area contributed by atoms with E-state index in [4.69, 9.17) is 0 Å². The lowest BCUT2D eigenvalue weighted by atomic mass is 10.1. The molecule has 2 aromatic heterocycles. The lowest BCUT2D eigenvalue weighted by molar-refractivity contribution is -0.0500. The van der Waals surface area contributed by atoms with Crippen molar-refractivity contribution >= 4 is 75.8 Å². The Morgan fingerprint density at radius 1 is 0.617 bits per heavy atom. The van der Waals surface area contributed by atoms with Gasteiger partial charge in [-0.3, -0.25) is 0 Å². The highest BCUT2D eigenvalue weighted by Crippen LogP contribution is 2.49. The van der Waals surface area contributed by atoms with Gasteiger partial charge in [-0.05, 0) is 60.7 Å². The largest absolute Gasteiger partial charge is 0.534 e. The molecule has 0 unspecified atom stereocenters. The molecule has 0 aliphatic carbocycles. The van der Waals surface area contributed by atoms with E-state index in [1.54, 1.807) is 0 Å². The molecule has 0 aliphatic heterocycles. The fourth-order valence-corrected chi connectivity index (χ4v) is 7.09. The molecular formula is C36H24F3N3O3S2. The Balaban J connectivity index is 1.50. The summed E-state index contributed by atoms with van der Waals surface area (Å²) in [6.07, 6.45) is 1.35. The lowest BCUT2D eigenvalue weighted by Gasteiger charge is -2.26. The van der Waals surface area contributed by atoms with E-state index >= 15 is 0 Å². The van der Waals surface area contributed by atoms with E-state index in [0.29, 0.717) is 21.2 Å². The van der Waals surface area contributed by atoms with Crippen molar-refractivity contribution in [3.8, 4) is 5.88 Å². The second-order valence-electron chi connectivity index (χ2n) is 10.4. The zero-order valence-electron chi connectivity index (χ0n) is 24.4. The Morgan fingerprint density at radius 2 is 1.09 bits per heavy atom. The second kappa shape index (κ2) is 12.1. The van der Waals surface area contributed by atoms with E-state index in [1.807, 2.05) is 144 Å². The Hall–Kier alpha value is -5.39. The van der Waals surface area contributed by atoms with Crippen LogP contribution in [0.5, 0.6) is 5.88 Å². The van der Waals surface area contributed by atoms with Gasteiger partial charge < -0.3 is 14.0 Å². The molecule has 7 aromatic rings. The SMILES string of the molecule is O=S(=O)(Oc1ncc(N(c2ccccc2)c2ccccc2)c2c1sc1cc(N(c3ccccc3)c3ccccc3)ccc12)C(F)(F)F. The standard InChI is InChI=1S/C36H24F3N3O3S2/c37-36(38,39)47(43,44)45-35-34-33(31(24-40-35)42(27-17-9-3-10-18-27)28-19-11-4-12-20-28)30-22-21-29(23-32(30)46-34)41(25-13-5-1-6-14-25)26-15-7-2-8-16-26/h1-24H. The average molecular weight is 668 g/mol. The van der Waals surface area contributed by atoms with Gasteiger partial charge in [0.1, 0.15) is 4.70 Å². The third kappa shape index (κ3) is 5.75. The number of fused-ring (bicyclic) bond motifs is 3. The lowest BCUT2D eigenvalue weighted by Crippen LogP contribution is -2.28. The first-order valence-electron chi connectivity index (χ1n) is 14.4. The Morgan fingerprint density at radius 3 is 1.55 bits per heavy atom. The van der Waals surface area contributed by atoms with Crippen molar-refractivity contribution in [2.24, 2.45) is 0 Å². The van der Waals surface area contributed by atoms with Crippen molar-refractivity contribution < 1.29 is 25.8 Å². The first-order valence-corrected chi connectivity index (χ1v) is 16.6. The van der Waals surface area contributed by atoms with Crippen LogP contribution in [0.15, 0.2) is 146 Å². The maximum absolute atomic E-state index is 13.5. The molecule has 7 rings (SSSR count). The smallest absolute Gasteiger partial charge is 0.354 e. The number of alkyl halides is 3. The molecule has 2 heterocycles. The minimum Gasteiger partial charge on any atom is -0.354 e. The highest BCUT2D eigenvalue weighted by molar-refractivity contribution is 7.88. The highest BCUT2D eigenvalue weighted by atomic mass is 32.2. The summed E-state index contributed by atoms with van der Waals surface area (Å²) < 4.78 is 70.4. The number of hydrogen-bond acceptors (Lipinski definition) is 7. The predicted molar refractivity (Wildman–Crippen MR) is 182 cm³/mol. The van der Waals surface area contributed by atoms with Crippen molar-refractivity contribution in [1.82, 2.24) is 4.98 Å². The number of aromatic nitrogens is 1. The minimum atomic E-state index is -5.99. The third-order valence-electron chi connectivity index (χ3n) is 7.46. The number of benzene rings is 5. The maximum Gasteiger partial charge on any atom is 0.534 e. The number of anilines is 6. The van der Waals surface area contributed by atoms with E-state index in [9.17, 15) is 21.6 Å². The van der Waals surface area contributed by atoms with Crippen molar-refractivity contribution in [3.63, 3.8) is 0 Å². The van der Waals surface area contributed by atoms with Gasteiger partial charge in [-0.1, -0.05) is 78.9 Å². The molecule has 0 aliphatic rings. The Kier molecular flexibility index (Phi) is 7.78. The molecule has 0 N–H and O–H groups in total. The van der Waals surface area contributed by atoms with Gasteiger partial charge in [0.25, 0.3) is 5.88 Å². The molecule has 0 bridgehead atoms. The molecule has 47 heavy (non-hydrogen) atoms. The van der Waals surface area contributed by atoms with Crippen molar-refractivity contribution in [2.75, 3.05) is 9.80 Å². The number of para-hydroxylation sites is 4. The molecule has 5 aromatic carbocycles. The van der Waals surface area contributed by atoms with Crippen LogP contribution >= 0.6 is 11.3 Å². The molecule has 0 saturated heterocycles. The average Bonchev–Trinajstić information content (AvgIpc) is 3.47. The molecule has 0 atom stereocenters. The molecule has 234 valence electrons. The third-order valence-corrected chi connectivity index (χ3v) is 9.54. The molecule has 11 heteroatoms. The summed E-state index contributed by atoms with van der Waals surface area (Å²) in [5.74, 6) is -0.645. The van der Waals surface area contributed by atoms with E-state index in [2.05, 4.69) is 14.1 Å². The normalized spacial score (nSPS) is 11.9. The highest BCUT2D eigenvalue weighted by Gasteiger charge is 2.49. The van der Waals surface area contributed by atoms with E-state index < -0.39 is 21.5 Å². The topological polar surface area (TPSA) is 62.7 Å². The van der Waals surface area contributed by atoms with Gasteiger partial charge in [-0.25, -0.2) is 4.98 Å². The van der Waals surface area contributed by atoms with Crippen LogP contribution in [0.3, 0.4) is 0 Å². The zero-order valence-corrected chi connectivity index (χ0v) is 26.0. The van der Waals surface area contributed by atoms with Gasteiger partial charge in [0.15, 0.2) is 0 Å². The number of rotatable bonds is 8. The summed E-state index contributed by atoms with van der Waals surface area (Å²) in [7, 11) is -5.99. The summed E-state index contributed by atoms with van der Waals surface area (Å²) in [4.78, 5) is 8.17. The van der Waals surface area contributed by atoms with Crippen LogP contribution < -0.4 is 14.0 Å². The first kappa shape index (κ1) is 30.3. The minimum absolute atomic E-state index is 0.158. The Bertz CT molecular complexity index is 2210. The van der Waals surface area contributed by atoms with Crippen LogP contribution in [0, 0.1) is 0 Å². The van der Waals surface area contributed by atoms with Gasteiger partial charge in [0.05, 0.1) is 11.9 Å². The maximum atomic E-state index is 13.5. The zero-order chi connectivity index (χ0) is 32.6. The van der Waals surface area contributed by atoms with Crippen LogP contribution in [0.2, 0.25) is 0 Å². The molecule has 0 spiro atoms. The molecule has 6 nitrogen and oxygen atoms in total. The second-order valence-corrected chi connectivity index (χ2v) is 13.0. The van der Waals surface area contributed by atoms with Crippen LogP contribution in [-0.2, 0) is 10.1 Å². The van der Waals surface area contributed by atoms with E-state index in [1.165, 1.54) is 6.20 Å². The summed E-state index contributed by atoms with van der Waals surface area (Å²) in [5.41, 5.74) is -0.944. The van der Waals surface area contributed by atoms with Crippen LogP contribution in [-0.4, -0.2) is 18.9 Å². The van der Waals surface area contributed by atoms with Gasteiger partial charge >= 0.3 is 15.6 Å². The van der Waals surface area contributed by atoms with Gasteiger partial charge in [0, 0.05) is 43.9 Å². The molecular weight excluding hydrogens is 644 g/mol. The van der Waals surface area contributed by atoms with Crippen LogP contribution in [0.4, 0.5) is 47.3 Å². The number of thiophene rings is 1. The van der Waals surface area contributed by atoms with Crippen molar-refractivity contribution in [3.05, 3.63) is 146 Å². The molecule has 0 amide bonds. The Labute approximate surface area is 272 Å². The fourth-order valence-electron chi connectivity index (χ4n) is 5.43. The number of nitrogens with zero attached hydrogens (tertiary/aromatic N) is 3. The summed E-state index contributed by atoms with van der Waals surface area (Å²) in [5, 5.41) is 1.19. The number of hydrogen-bond donors (Lipinski definition) is 0. The molecule has 0 radical (unpaired) electrons. The van der Waals surface area contributed by atoms with E-state index in [-0.39, 0.29) is 4.70 Å². The van der Waals surface area contributed by atoms with Crippen LogP contribution in [0.25, 0.3) is 20.2 Å². The van der Waals surface area contributed by atoms with Crippen molar-refractivity contribution in [1.29, 1.82) is 0 Å². The van der Waals surface area contributed by atoms with Gasteiger partial charge in [-0.15, -0.1) is 11.3 Å². The van der Waals surface area contributed by atoms with Gasteiger partial charge in [-0.2, -0.15) is 21.6 Å². The predicted octanol–water partition coefficient (Wildman–Crippen LogP) is 10.6. The quantitative estimate of drug-likeness (QED) is 0.119. The number of halogens is 3. The monoisotopic (exact) mass is 667 g/mol. The molecule has 0 saturated carbocycles. The van der Waals surface area contributed by atoms with Gasteiger partial charge in [0.2, 0.25) is 0 Å². The summed E-state index contributed by atoms with van der Waals surface area (Å²) in [6, 6.07) is 44.2. The fraction of sp³-hybridized carbons (Fsp3) is 0.0278. The number of pyridine rings is 1. The molecule has 0 fully saturated rings. The van der Waals surface area contributed by atoms with Crippen molar-refractivity contribution in [2.45, 2.75) is 5.51 Å². The van der Waals surface area contributed by atoms with Crippen LogP contribution in [0.1, 0.15) is 0 Å². The summed E-state index contributed by atoms with van der Waals surface area (Å²) >= 11 is 1.11. The van der Waals surface area contributed by atoms with E-state index in [0.717, 1.165) is 39.8 Å². The summed E-state index contributed by atoms with van der Waals surface area (Å²) in [6.45, 7) is 0.